The van der Waals surface area contributed by atoms with Crippen LogP contribution in [-0.2, 0) is 21.3 Å². The van der Waals surface area contributed by atoms with Gasteiger partial charge in [-0.25, -0.2) is 17.9 Å². The Labute approximate surface area is 185 Å². The first kappa shape index (κ1) is 20.9. The fraction of sp³-hybridized carbons (Fsp3) is 0.381. The van der Waals surface area contributed by atoms with Gasteiger partial charge >= 0.3 is 0 Å². The number of sulfonamides is 1. The standard InChI is InChI=1S/C21H24N6O4S/c1-14(2)27-13-15-10-17(24-21(28)16-12-23-26-5-3-4-22-20(16)26)18(11-19(15)32(27,29)30)25-6-8-31-9-7-25/h3-5,10-12,14H,6-9,13H2,1-2H3,(H,24,28). The lowest BCUT2D eigenvalue weighted by molar-refractivity contribution is 0.102. The lowest BCUT2D eigenvalue weighted by Gasteiger charge is -2.31. The molecule has 1 aromatic carbocycles. The molecule has 11 heteroatoms. The topological polar surface area (TPSA) is 109 Å². The Morgan fingerprint density at radius 3 is 2.75 bits per heavy atom. The third-order valence-electron chi connectivity index (χ3n) is 5.79. The highest BCUT2D eigenvalue weighted by atomic mass is 32.2. The molecule has 1 fully saturated rings. The smallest absolute Gasteiger partial charge is 0.261 e. The molecular formula is C21H24N6O4S. The number of hydrogen-bond acceptors (Lipinski definition) is 7. The fourth-order valence-electron chi connectivity index (χ4n) is 4.16. The molecule has 1 N–H and O–H groups in total. The molecule has 168 valence electrons. The van der Waals surface area contributed by atoms with E-state index in [9.17, 15) is 13.2 Å². The summed E-state index contributed by atoms with van der Waals surface area (Å²) >= 11 is 0. The summed E-state index contributed by atoms with van der Waals surface area (Å²) in [7, 11) is -3.58. The fourth-order valence-corrected chi connectivity index (χ4v) is 5.99. The van der Waals surface area contributed by atoms with E-state index >= 15 is 0 Å². The van der Waals surface area contributed by atoms with Gasteiger partial charge in [0.2, 0.25) is 10.0 Å². The van der Waals surface area contributed by atoms with Gasteiger partial charge in [0.05, 0.1) is 35.7 Å². The van der Waals surface area contributed by atoms with Crippen molar-refractivity contribution < 1.29 is 17.9 Å². The van der Waals surface area contributed by atoms with E-state index in [1.165, 1.54) is 15.0 Å². The van der Waals surface area contributed by atoms with E-state index in [1.807, 2.05) is 18.7 Å². The second-order valence-electron chi connectivity index (χ2n) is 8.12. The molecule has 4 heterocycles. The maximum Gasteiger partial charge on any atom is 0.261 e. The van der Waals surface area contributed by atoms with Gasteiger partial charge in [-0.1, -0.05) is 0 Å². The quantitative estimate of drug-likeness (QED) is 0.637. The maximum atomic E-state index is 13.1. The number of rotatable bonds is 4. The minimum atomic E-state index is -3.58. The van der Waals surface area contributed by atoms with E-state index in [0.29, 0.717) is 59.3 Å². The highest BCUT2D eigenvalue weighted by Gasteiger charge is 2.38. The van der Waals surface area contributed by atoms with Gasteiger partial charge in [-0.05, 0) is 37.6 Å². The molecule has 10 nitrogen and oxygen atoms in total. The van der Waals surface area contributed by atoms with Crippen LogP contribution in [0.3, 0.4) is 0 Å². The molecule has 32 heavy (non-hydrogen) atoms. The molecule has 0 bridgehead atoms. The van der Waals surface area contributed by atoms with Crippen LogP contribution in [0.4, 0.5) is 11.4 Å². The van der Waals surface area contributed by atoms with E-state index in [2.05, 4.69) is 15.4 Å². The van der Waals surface area contributed by atoms with Crippen molar-refractivity contribution in [3.63, 3.8) is 0 Å². The van der Waals surface area contributed by atoms with Crippen LogP contribution in [0, 0.1) is 0 Å². The van der Waals surface area contributed by atoms with Gasteiger partial charge < -0.3 is 15.0 Å². The zero-order chi connectivity index (χ0) is 22.5. The lowest BCUT2D eigenvalue weighted by atomic mass is 10.1. The summed E-state index contributed by atoms with van der Waals surface area (Å²) in [6.07, 6.45) is 4.80. The number of benzene rings is 1. The summed E-state index contributed by atoms with van der Waals surface area (Å²) in [6.45, 7) is 6.27. The average Bonchev–Trinajstić information content (AvgIpc) is 3.32. The van der Waals surface area contributed by atoms with Gasteiger partial charge in [0.1, 0.15) is 5.56 Å². The van der Waals surface area contributed by atoms with Crippen LogP contribution in [0.1, 0.15) is 29.8 Å². The Bertz CT molecular complexity index is 1300. The molecule has 0 aliphatic carbocycles. The van der Waals surface area contributed by atoms with Crippen LogP contribution >= 0.6 is 0 Å². The van der Waals surface area contributed by atoms with Crippen LogP contribution in [0.25, 0.3) is 5.65 Å². The second kappa shape index (κ2) is 7.84. The normalized spacial score (nSPS) is 18.3. The van der Waals surface area contributed by atoms with E-state index in [1.54, 1.807) is 30.6 Å². The molecule has 0 unspecified atom stereocenters. The third kappa shape index (κ3) is 3.42. The molecule has 2 aliphatic heterocycles. The van der Waals surface area contributed by atoms with Gasteiger partial charge in [0, 0.05) is 38.1 Å². The van der Waals surface area contributed by atoms with Gasteiger partial charge in [-0.2, -0.15) is 9.40 Å². The zero-order valence-electron chi connectivity index (χ0n) is 17.9. The predicted molar refractivity (Wildman–Crippen MR) is 118 cm³/mol. The first-order valence-corrected chi connectivity index (χ1v) is 11.9. The van der Waals surface area contributed by atoms with E-state index in [4.69, 9.17) is 4.74 Å². The van der Waals surface area contributed by atoms with Crippen LogP contribution in [0.2, 0.25) is 0 Å². The maximum absolute atomic E-state index is 13.1. The number of anilines is 2. The summed E-state index contributed by atoms with van der Waals surface area (Å²) in [6, 6.07) is 5.03. The average molecular weight is 457 g/mol. The predicted octanol–water partition coefficient (Wildman–Crippen LogP) is 1.73. The van der Waals surface area contributed by atoms with E-state index in [-0.39, 0.29) is 18.5 Å². The monoisotopic (exact) mass is 456 g/mol. The number of nitrogens with zero attached hydrogens (tertiary/aromatic N) is 5. The first-order valence-electron chi connectivity index (χ1n) is 10.5. The number of nitrogens with one attached hydrogen (secondary N) is 1. The number of aromatic nitrogens is 3. The molecular weight excluding hydrogens is 432 g/mol. The van der Waals surface area contributed by atoms with Gasteiger partial charge in [0.25, 0.3) is 5.91 Å². The van der Waals surface area contributed by atoms with Gasteiger partial charge in [0.15, 0.2) is 5.65 Å². The summed E-state index contributed by atoms with van der Waals surface area (Å²) < 4.78 is 34.7. The lowest BCUT2D eigenvalue weighted by Crippen LogP contribution is -2.37. The zero-order valence-corrected chi connectivity index (χ0v) is 18.7. The number of morpholine rings is 1. The van der Waals surface area contributed by atoms with Crippen molar-refractivity contribution in [1.29, 1.82) is 0 Å². The van der Waals surface area contributed by atoms with E-state index < -0.39 is 10.0 Å². The Kier molecular flexibility index (Phi) is 5.11. The number of fused-ring (bicyclic) bond motifs is 2. The molecule has 5 rings (SSSR count). The Morgan fingerprint density at radius 2 is 2.00 bits per heavy atom. The molecule has 1 amide bonds. The van der Waals surface area contributed by atoms with Gasteiger partial charge in [-0.3, -0.25) is 4.79 Å². The molecule has 2 aromatic heterocycles. The summed E-state index contributed by atoms with van der Waals surface area (Å²) in [4.78, 5) is 19.7. The van der Waals surface area contributed by atoms with Crippen molar-refractivity contribution in [3.8, 4) is 0 Å². The van der Waals surface area contributed by atoms with Crippen molar-refractivity contribution in [3.05, 3.63) is 47.9 Å². The number of hydrogen-bond donors (Lipinski definition) is 1. The molecule has 3 aromatic rings. The molecule has 0 radical (unpaired) electrons. The van der Waals surface area contributed by atoms with Crippen LogP contribution in [0.5, 0.6) is 0 Å². The second-order valence-corrected chi connectivity index (χ2v) is 9.98. The van der Waals surface area contributed by atoms with Crippen molar-refractivity contribution >= 4 is 33.0 Å². The number of amides is 1. The highest BCUT2D eigenvalue weighted by Crippen LogP contribution is 2.39. The van der Waals surface area contributed by atoms with Crippen LogP contribution in [0.15, 0.2) is 41.7 Å². The Morgan fingerprint density at radius 1 is 1.22 bits per heavy atom. The number of ether oxygens (including phenoxy) is 1. The largest absolute Gasteiger partial charge is 0.378 e. The van der Waals surface area contributed by atoms with Crippen molar-refractivity contribution in [1.82, 2.24) is 18.9 Å². The molecule has 1 saturated heterocycles. The molecule has 2 aliphatic rings. The molecule has 0 saturated carbocycles. The van der Waals surface area contributed by atoms with Crippen molar-refractivity contribution in [2.24, 2.45) is 0 Å². The van der Waals surface area contributed by atoms with Crippen LogP contribution in [-0.4, -0.2) is 65.6 Å². The Hall–Kier alpha value is -3.02. The SMILES string of the molecule is CC(C)N1Cc2cc(NC(=O)c3cnn4cccnc34)c(N3CCOCC3)cc2S1(=O)=O. The third-order valence-corrected chi connectivity index (χ3v) is 7.90. The Balaban J connectivity index is 1.57. The van der Waals surface area contributed by atoms with Crippen LogP contribution < -0.4 is 10.2 Å². The van der Waals surface area contributed by atoms with Gasteiger partial charge in [-0.15, -0.1) is 0 Å². The minimum Gasteiger partial charge on any atom is -0.378 e. The minimum absolute atomic E-state index is 0.165. The molecule has 0 atom stereocenters. The molecule has 0 spiro atoms. The summed E-state index contributed by atoms with van der Waals surface area (Å²) in [5.41, 5.74) is 2.69. The highest BCUT2D eigenvalue weighted by molar-refractivity contribution is 7.89. The number of carbonyl (C=O) groups excluding carboxylic acids is 1. The summed E-state index contributed by atoms with van der Waals surface area (Å²) in [5, 5.41) is 7.16. The summed E-state index contributed by atoms with van der Waals surface area (Å²) in [5.74, 6) is -0.352. The first-order chi connectivity index (χ1) is 15.4. The van der Waals surface area contributed by atoms with E-state index in [0.717, 1.165) is 0 Å². The van der Waals surface area contributed by atoms with Crippen molar-refractivity contribution in [2.75, 3.05) is 36.5 Å². The van der Waals surface area contributed by atoms with Crippen molar-refractivity contribution in [2.45, 2.75) is 31.3 Å². The number of carbonyl (C=O) groups is 1.